The third-order valence-corrected chi connectivity index (χ3v) is 3.18. The molecule has 1 heterocycles. The molecule has 0 radical (unpaired) electrons. The lowest BCUT2D eigenvalue weighted by Crippen LogP contribution is -2.24. The Morgan fingerprint density at radius 2 is 1.95 bits per heavy atom. The summed E-state index contributed by atoms with van der Waals surface area (Å²) in [7, 11) is 1.96. The number of para-hydroxylation sites is 1. The number of aromatic nitrogens is 2. The number of carbonyl (C=O) groups is 1. The predicted octanol–water partition coefficient (Wildman–Crippen LogP) is 2.39. The molecule has 0 aliphatic heterocycles. The van der Waals surface area contributed by atoms with Gasteiger partial charge in [0.2, 0.25) is 0 Å². The lowest BCUT2D eigenvalue weighted by Gasteiger charge is -2.19. The van der Waals surface area contributed by atoms with Crippen LogP contribution in [0.25, 0.3) is 0 Å². The normalized spacial score (nSPS) is 10.2. The van der Waals surface area contributed by atoms with Crippen LogP contribution in [0.3, 0.4) is 0 Å². The molecule has 0 bridgehead atoms. The maximum Gasteiger partial charge on any atom is 0.341 e. The standard InChI is InChI=1S/C16H19N3O2/c1-12-15(11-17-13(2)18-12)16(20)21-10-9-19(3)14-7-5-4-6-8-14/h4-8,11H,9-10H2,1-3H3. The van der Waals surface area contributed by atoms with Gasteiger partial charge in [-0.15, -0.1) is 0 Å². The number of ether oxygens (including phenoxy) is 1. The fraction of sp³-hybridized carbons (Fsp3) is 0.312. The Hall–Kier alpha value is -2.43. The predicted molar refractivity (Wildman–Crippen MR) is 81.5 cm³/mol. The van der Waals surface area contributed by atoms with Crippen LogP contribution in [0.5, 0.6) is 0 Å². The minimum atomic E-state index is -0.381. The van der Waals surface area contributed by atoms with E-state index in [9.17, 15) is 4.79 Å². The molecule has 0 saturated carbocycles. The zero-order valence-corrected chi connectivity index (χ0v) is 12.5. The summed E-state index contributed by atoms with van der Waals surface area (Å²) in [6.07, 6.45) is 1.51. The van der Waals surface area contributed by atoms with Gasteiger partial charge < -0.3 is 9.64 Å². The highest BCUT2D eigenvalue weighted by atomic mass is 16.5. The van der Waals surface area contributed by atoms with Crippen LogP contribution in [0.1, 0.15) is 21.9 Å². The van der Waals surface area contributed by atoms with E-state index in [0.717, 1.165) is 5.69 Å². The third-order valence-electron chi connectivity index (χ3n) is 3.18. The number of nitrogens with zero attached hydrogens (tertiary/aromatic N) is 3. The summed E-state index contributed by atoms with van der Waals surface area (Å²) in [6.45, 7) is 4.51. The average Bonchev–Trinajstić information content (AvgIpc) is 2.47. The van der Waals surface area contributed by atoms with Gasteiger partial charge in [-0.3, -0.25) is 0 Å². The van der Waals surface area contributed by atoms with E-state index in [0.29, 0.717) is 30.2 Å². The summed E-state index contributed by atoms with van der Waals surface area (Å²) in [5.74, 6) is 0.266. The van der Waals surface area contributed by atoms with Crippen LogP contribution in [-0.2, 0) is 4.74 Å². The molecule has 1 aromatic carbocycles. The Kier molecular flexibility index (Phi) is 4.87. The van der Waals surface area contributed by atoms with E-state index in [-0.39, 0.29) is 5.97 Å². The first-order valence-electron chi connectivity index (χ1n) is 6.81. The monoisotopic (exact) mass is 285 g/mol. The van der Waals surface area contributed by atoms with Crippen LogP contribution in [-0.4, -0.2) is 36.1 Å². The Morgan fingerprint density at radius 1 is 1.24 bits per heavy atom. The number of esters is 1. The van der Waals surface area contributed by atoms with Gasteiger partial charge in [-0.05, 0) is 26.0 Å². The first kappa shape index (κ1) is 15.0. The molecule has 1 aromatic heterocycles. The zero-order chi connectivity index (χ0) is 15.2. The van der Waals surface area contributed by atoms with E-state index in [2.05, 4.69) is 9.97 Å². The summed E-state index contributed by atoms with van der Waals surface area (Å²) < 4.78 is 5.28. The lowest BCUT2D eigenvalue weighted by atomic mass is 10.2. The molecule has 110 valence electrons. The number of hydrogen-bond acceptors (Lipinski definition) is 5. The topological polar surface area (TPSA) is 55.3 Å². The van der Waals surface area contributed by atoms with Crippen LogP contribution in [0.2, 0.25) is 0 Å². The summed E-state index contributed by atoms with van der Waals surface area (Å²) >= 11 is 0. The molecular weight excluding hydrogens is 266 g/mol. The zero-order valence-electron chi connectivity index (χ0n) is 12.5. The molecule has 0 N–H and O–H groups in total. The van der Waals surface area contributed by atoms with E-state index in [4.69, 9.17) is 4.74 Å². The number of carbonyl (C=O) groups excluding carboxylic acids is 1. The van der Waals surface area contributed by atoms with Gasteiger partial charge in [0.05, 0.1) is 17.8 Å². The van der Waals surface area contributed by atoms with Crippen LogP contribution < -0.4 is 4.90 Å². The van der Waals surface area contributed by atoms with Crippen LogP contribution in [0.15, 0.2) is 36.5 Å². The van der Waals surface area contributed by atoms with Crippen LogP contribution in [0.4, 0.5) is 5.69 Å². The highest BCUT2D eigenvalue weighted by Crippen LogP contribution is 2.11. The van der Waals surface area contributed by atoms with E-state index in [1.807, 2.05) is 42.3 Å². The van der Waals surface area contributed by atoms with Gasteiger partial charge in [-0.1, -0.05) is 18.2 Å². The number of likely N-dealkylation sites (N-methyl/N-ethyl adjacent to an activating group) is 1. The van der Waals surface area contributed by atoms with Crippen molar-refractivity contribution < 1.29 is 9.53 Å². The van der Waals surface area contributed by atoms with Gasteiger partial charge in [0, 0.05) is 18.9 Å². The second-order valence-electron chi connectivity index (χ2n) is 4.81. The molecule has 0 unspecified atom stereocenters. The van der Waals surface area contributed by atoms with E-state index in [1.165, 1.54) is 6.20 Å². The van der Waals surface area contributed by atoms with Gasteiger partial charge >= 0.3 is 5.97 Å². The first-order chi connectivity index (χ1) is 10.1. The quantitative estimate of drug-likeness (QED) is 0.789. The second-order valence-corrected chi connectivity index (χ2v) is 4.81. The molecule has 21 heavy (non-hydrogen) atoms. The van der Waals surface area contributed by atoms with Crippen molar-refractivity contribution in [3.8, 4) is 0 Å². The average molecular weight is 285 g/mol. The highest BCUT2D eigenvalue weighted by Gasteiger charge is 2.12. The molecule has 0 aliphatic carbocycles. The molecule has 5 heteroatoms. The smallest absolute Gasteiger partial charge is 0.341 e. The number of aryl methyl sites for hydroxylation is 2. The van der Waals surface area contributed by atoms with Crippen LogP contribution in [0, 0.1) is 13.8 Å². The number of rotatable bonds is 5. The van der Waals surface area contributed by atoms with Crippen LogP contribution >= 0.6 is 0 Å². The van der Waals surface area contributed by atoms with Crippen molar-refractivity contribution in [1.82, 2.24) is 9.97 Å². The minimum Gasteiger partial charge on any atom is -0.460 e. The number of anilines is 1. The minimum absolute atomic E-state index is 0.317. The fourth-order valence-corrected chi connectivity index (χ4v) is 1.95. The van der Waals surface area contributed by atoms with Crippen molar-refractivity contribution in [2.45, 2.75) is 13.8 Å². The lowest BCUT2D eigenvalue weighted by molar-refractivity contribution is 0.0514. The maximum atomic E-state index is 12.0. The number of benzene rings is 1. The molecule has 5 nitrogen and oxygen atoms in total. The third kappa shape index (κ3) is 4.02. The molecule has 0 fully saturated rings. The molecule has 0 amide bonds. The summed E-state index contributed by atoms with van der Waals surface area (Å²) in [5.41, 5.74) is 2.15. The molecule has 2 aromatic rings. The highest BCUT2D eigenvalue weighted by molar-refractivity contribution is 5.90. The molecule has 0 spiro atoms. The van der Waals surface area contributed by atoms with Crippen molar-refractivity contribution >= 4 is 11.7 Å². The van der Waals surface area contributed by atoms with Gasteiger partial charge in [0.15, 0.2) is 0 Å². The van der Waals surface area contributed by atoms with Gasteiger partial charge in [0.25, 0.3) is 0 Å². The number of hydrogen-bond donors (Lipinski definition) is 0. The molecule has 0 aliphatic rings. The van der Waals surface area contributed by atoms with Crippen molar-refractivity contribution in [2.24, 2.45) is 0 Å². The largest absolute Gasteiger partial charge is 0.460 e. The van der Waals surface area contributed by atoms with Crippen molar-refractivity contribution in [3.63, 3.8) is 0 Å². The fourth-order valence-electron chi connectivity index (χ4n) is 1.95. The Bertz CT molecular complexity index is 614. The van der Waals surface area contributed by atoms with Crippen molar-refractivity contribution in [1.29, 1.82) is 0 Å². The van der Waals surface area contributed by atoms with Gasteiger partial charge in [0.1, 0.15) is 12.4 Å². The first-order valence-corrected chi connectivity index (χ1v) is 6.81. The Labute approximate surface area is 124 Å². The van der Waals surface area contributed by atoms with E-state index < -0.39 is 0 Å². The van der Waals surface area contributed by atoms with E-state index in [1.54, 1.807) is 13.8 Å². The van der Waals surface area contributed by atoms with Crippen molar-refractivity contribution in [2.75, 3.05) is 25.1 Å². The molecule has 0 atom stereocenters. The Balaban J connectivity index is 1.87. The van der Waals surface area contributed by atoms with Gasteiger partial charge in [-0.25, -0.2) is 14.8 Å². The van der Waals surface area contributed by atoms with Gasteiger partial charge in [-0.2, -0.15) is 0 Å². The SMILES string of the molecule is Cc1ncc(C(=O)OCCN(C)c2ccccc2)c(C)n1. The Morgan fingerprint density at radius 3 is 2.62 bits per heavy atom. The maximum absolute atomic E-state index is 12.0. The van der Waals surface area contributed by atoms with E-state index >= 15 is 0 Å². The molecule has 0 saturated heterocycles. The summed E-state index contributed by atoms with van der Waals surface area (Å²) in [5, 5.41) is 0. The second kappa shape index (κ2) is 6.83. The summed E-state index contributed by atoms with van der Waals surface area (Å²) in [6, 6.07) is 9.95. The summed E-state index contributed by atoms with van der Waals surface area (Å²) in [4.78, 5) is 22.2. The molecular formula is C16H19N3O2. The van der Waals surface area contributed by atoms with Crippen molar-refractivity contribution in [3.05, 3.63) is 53.6 Å². The molecule has 2 rings (SSSR count).